The minimum absolute atomic E-state index is 0.177. The topological polar surface area (TPSA) is 46.2 Å². The largest absolute Gasteiger partial charge is 0.398 e. The number of anilines is 1. The van der Waals surface area contributed by atoms with E-state index < -0.39 is 6.10 Å². The Labute approximate surface area is 86.9 Å². The zero-order valence-corrected chi connectivity index (χ0v) is 9.38. The molecule has 0 aliphatic rings. The van der Waals surface area contributed by atoms with Gasteiger partial charge >= 0.3 is 0 Å². The van der Waals surface area contributed by atoms with Crippen molar-refractivity contribution >= 4 is 21.6 Å². The van der Waals surface area contributed by atoms with E-state index in [1.165, 1.54) is 0 Å². The number of nitrogens with two attached hydrogens (primary N) is 1. The monoisotopic (exact) mass is 243 g/mol. The Hall–Kier alpha value is -0.540. The molecule has 3 N–H and O–H groups in total. The predicted molar refractivity (Wildman–Crippen MR) is 58.4 cm³/mol. The number of hydrogen-bond donors (Lipinski definition) is 2. The standard InChI is InChI=1S/C10H14BrNO/c1-6(2)10(13)7-4-3-5-8(11)9(7)12/h3-6,10,13H,12H2,1-2H3. The van der Waals surface area contributed by atoms with Crippen molar-refractivity contribution in [3.63, 3.8) is 0 Å². The number of nitrogen functional groups attached to an aromatic ring is 1. The predicted octanol–water partition coefficient (Wildman–Crippen LogP) is 2.72. The molecule has 1 rings (SSSR count). The van der Waals surface area contributed by atoms with Gasteiger partial charge in [-0.1, -0.05) is 26.0 Å². The Morgan fingerprint density at radius 1 is 1.38 bits per heavy atom. The van der Waals surface area contributed by atoms with Crippen LogP contribution in [0.15, 0.2) is 22.7 Å². The lowest BCUT2D eigenvalue weighted by molar-refractivity contribution is 0.127. The molecule has 13 heavy (non-hydrogen) atoms. The lowest BCUT2D eigenvalue weighted by Gasteiger charge is -2.17. The Kier molecular flexibility index (Phi) is 3.33. The van der Waals surface area contributed by atoms with Gasteiger partial charge in [0.15, 0.2) is 0 Å². The zero-order valence-electron chi connectivity index (χ0n) is 7.79. The first-order valence-corrected chi connectivity index (χ1v) is 5.05. The van der Waals surface area contributed by atoms with E-state index in [9.17, 15) is 5.11 Å². The van der Waals surface area contributed by atoms with Gasteiger partial charge in [0, 0.05) is 10.0 Å². The first kappa shape index (κ1) is 10.5. The normalized spacial score (nSPS) is 13.3. The highest BCUT2D eigenvalue weighted by molar-refractivity contribution is 9.10. The summed E-state index contributed by atoms with van der Waals surface area (Å²) in [5.41, 5.74) is 7.24. The van der Waals surface area contributed by atoms with Crippen molar-refractivity contribution in [2.24, 2.45) is 5.92 Å². The molecule has 2 nitrogen and oxygen atoms in total. The van der Waals surface area contributed by atoms with Gasteiger partial charge in [0.1, 0.15) is 0 Å². The molecule has 0 spiro atoms. The zero-order chi connectivity index (χ0) is 10.0. The van der Waals surface area contributed by atoms with Crippen molar-refractivity contribution in [1.82, 2.24) is 0 Å². The van der Waals surface area contributed by atoms with E-state index in [1.54, 1.807) is 0 Å². The van der Waals surface area contributed by atoms with Gasteiger partial charge in [0.05, 0.1) is 11.8 Å². The molecule has 1 aromatic carbocycles. The van der Waals surface area contributed by atoms with Gasteiger partial charge in [0.2, 0.25) is 0 Å². The molecule has 0 fully saturated rings. The quantitative estimate of drug-likeness (QED) is 0.785. The van der Waals surface area contributed by atoms with Crippen molar-refractivity contribution < 1.29 is 5.11 Å². The number of aliphatic hydroxyl groups is 1. The van der Waals surface area contributed by atoms with Crippen LogP contribution in [0.2, 0.25) is 0 Å². The van der Waals surface area contributed by atoms with Crippen LogP contribution in [0.3, 0.4) is 0 Å². The third-order valence-electron chi connectivity index (χ3n) is 2.04. The van der Waals surface area contributed by atoms with E-state index in [0.29, 0.717) is 5.69 Å². The molecule has 1 aromatic rings. The van der Waals surface area contributed by atoms with Crippen LogP contribution in [0.1, 0.15) is 25.5 Å². The maximum Gasteiger partial charge on any atom is 0.0833 e. The van der Waals surface area contributed by atoms with E-state index in [4.69, 9.17) is 5.73 Å². The molecule has 0 saturated carbocycles. The van der Waals surface area contributed by atoms with E-state index in [2.05, 4.69) is 15.9 Å². The third-order valence-corrected chi connectivity index (χ3v) is 2.73. The van der Waals surface area contributed by atoms with Crippen LogP contribution < -0.4 is 5.73 Å². The van der Waals surface area contributed by atoms with Crippen LogP contribution in [0.25, 0.3) is 0 Å². The minimum atomic E-state index is -0.488. The molecule has 0 aliphatic heterocycles. The second-order valence-corrected chi connectivity index (χ2v) is 4.29. The molecular weight excluding hydrogens is 230 g/mol. The highest BCUT2D eigenvalue weighted by atomic mass is 79.9. The van der Waals surface area contributed by atoms with Crippen molar-refractivity contribution in [2.45, 2.75) is 20.0 Å². The Balaban J connectivity index is 3.07. The van der Waals surface area contributed by atoms with Gasteiger partial charge in [-0.05, 0) is 27.9 Å². The van der Waals surface area contributed by atoms with Crippen LogP contribution >= 0.6 is 15.9 Å². The summed E-state index contributed by atoms with van der Waals surface area (Å²) in [5, 5.41) is 9.80. The van der Waals surface area contributed by atoms with E-state index >= 15 is 0 Å². The van der Waals surface area contributed by atoms with E-state index in [1.807, 2.05) is 32.0 Å². The molecule has 1 atom stereocenters. The number of aliphatic hydroxyl groups excluding tert-OH is 1. The number of rotatable bonds is 2. The van der Waals surface area contributed by atoms with E-state index in [-0.39, 0.29) is 5.92 Å². The SMILES string of the molecule is CC(C)C(O)c1cccc(Br)c1N. The van der Waals surface area contributed by atoms with Crippen molar-refractivity contribution in [3.8, 4) is 0 Å². The van der Waals surface area contributed by atoms with Gasteiger partial charge in [0.25, 0.3) is 0 Å². The molecule has 0 saturated heterocycles. The number of halogens is 1. The summed E-state index contributed by atoms with van der Waals surface area (Å²) in [6, 6.07) is 5.60. The van der Waals surface area contributed by atoms with Crippen LogP contribution in [-0.2, 0) is 0 Å². The van der Waals surface area contributed by atoms with Gasteiger partial charge in [-0.15, -0.1) is 0 Å². The molecule has 0 radical (unpaired) electrons. The first-order chi connectivity index (χ1) is 6.04. The molecular formula is C10H14BrNO. The van der Waals surface area contributed by atoms with Crippen LogP contribution in [-0.4, -0.2) is 5.11 Å². The summed E-state index contributed by atoms with van der Waals surface area (Å²) >= 11 is 3.33. The summed E-state index contributed by atoms with van der Waals surface area (Å²) in [4.78, 5) is 0. The minimum Gasteiger partial charge on any atom is -0.398 e. The maximum atomic E-state index is 9.80. The lowest BCUT2D eigenvalue weighted by atomic mass is 9.98. The fourth-order valence-electron chi connectivity index (χ4n) is 1.17. The highest BCUT2D eigenvalue weighted by Gasteiger charge is 2.15. The van der Waals surface area contributed by atoms with Crippen LogP contribution in [0, 0.1) is 5.92 Å². The van der Waals surface area contributed by atoms with Crippen molar-refractivity contribution in [2.75, 3.05) is 5.73 Å². The Bertz CT molecular complexity index is 299. The van der Waals surface area contributed by atoms with Gasteiger partial charge in [-0.25, -0.2) is 0 Å². The van der Waals surface area contributed by atoms with Crippen molar-refractivity contribution in [3.05, 3.63) is 28.2 Å². The average molecular weight is 244 g/mol. The molecule has 0 bridgehead atoms. The summed E-state index contributed by atoms with van der Waals surface area (Å²) in [6.07, 6.45) is -0.488. The summed E-state index contributed by atoms with van der Waals surface area (Å²) in [7, 11) is 0. The van der Waals surface area contributed by atoms with Crippen LogP contribution in [0.4, 0.5) is 5.69 Å². The second kappa shape index (κ2) is 4.11. The summed E-state index contributed by atoms with van der Waals surface area (Å²) in [6.45, 7) is 3.93. The van der Waals surface area contributed by atoms with E-state index in [0.717, 1.165) is 10.0 Å². The molecule has 0 heterocycles. The first-order valence-electron chi connectivity index (χ1n) is 4.26. The number of hydrogen-bond acceptors (Lipinski definition) is 2. The maximum absolute atomic E-state index is 9.80. The molecule has 72 valence electrons. The fourth-order valence-corrected chi connectivity index (χ4v) is 1.55. The average Bonchev–Trinajstić information content (AvgIpc) is 2.08. The van der Waals surface area contributed by atoms with Gasteiger partial charge in [-0.3, -0.25) is 0 Å². The summed E-state index contributed by atoms with van der Waals surface area (Å²) in [5.74, 6) is 0.177. The molecule has 0 aromatic heterocycles. The Morgan fingerprint density at radius 2 is 2.00 bits per heavy atom. The van der Waals surface area contributed by atoms with Crippen LogP contribution in [0.5, 0.6) is 0 Å². The molecule has 1 unspecified atom stereocenters. The lowest BCUT2D eigenvalue weighted by Crippen LogP contribution is -2.08. The Morgan fingerprint density at radius 3 is 2.54 bits per heavy atom. The van der Waals surface area contributed by atoms with Crippen molar-refractivity contribution in [1.29, 1.82) is 0 Å². The second-order valence-electron chi connectivity index (χ2n) is 3.43. The highest BCUT2D eigenvalue weighted by Crippen LogP contribution is 2.31. The molecule has 3 heteroatoms. The molecule has 0 aliphatic carbocycles. The third kappa shape index (κ3) is 2.23. The fraction of sp³-hybridized carbons (Fsp3) is 0.400. The number of benzene rings is 1. The number of para-hydroxylation sites is 1. The summed E-state index contributed by atoms with van der Waals surface area (Å²) < 4.78 is 0.838. The molecule has 0 amide bonds. The smallest absolute Gasteiger partial charge is 0.0833 e. The van der Waals surface area contributed by atoms with Gasteiger partial charge in [-0.2, -0.15) is 0 Å². The van der Waals surface area contributed by atoms with Gasteiger partial charge < -0.3 is 10.8 Å².